The van der Waals surface area contributed by atoms with E-state index in [4.69, 9.17) is 19.4 Å². The first-order chi connectivity index (χ1) is 22.3. The van der Waals surface area contributed by atoms with Crippen molar-refractivity contribution in [1.29, 1.82) is 0 Å². The van der Waals surface area contributed by atoms with Crippen molar-refractivity contribution in [2.75, 3.05) is 13.3 Å². The molecule has 0 spiro atoms. The highest BCUT2D eigenvalue weighted by Crippen LogP contribution is 2.29. The molecule has 0 radical (unpaired) electrons. The predicted octanol–water partition coefficient (Wildman–Crippen LogP) is 1.69. The van der Waals surface area contributed by atoms with E-state index >= 15 is 0 Å². The minimum Gasteiger partial charge on any atom is -0.481 e. The lowest BCUT2D eigenvalue weighted by molar-refractivity contribution is -0.168. The quantitative estimate of drug-likeness (QED) is 0.0330. The Morgan fingerprint density at radius 3 is 2.28 bits per heavy atom. The highest BCUT2D eigenvalue weighted by atomic mass is 16.5. The number of rotatable bonds is 21. The van der Waals surface area contributed by atoms with E-state index in [0.29, 0.717) is 24.3 Å². The van der Waals surface area contributed by atoms with Gasteiger partial charge in [0, 0.05) is 5.56 Å². The second kappa shape index (κ2) is 18.5. The highest BCUT2D eigenvalue weighted by Gasteiger charge is 2.31. The first-order valence-electron chi connectivity index (χ1n) is 14.6. The van der Waals surface area contributed by atoms with Crippen molar-refractivity contribution >= 4 is 42.0 Å². The molecule has 0 saturated heterocycles. The van der Waals surface area contributed by atoms with Gasteiger partial charge in [-0.25, -0.2) is 14.7 Å². The number of carbonyl (C=O) groups excluding carboxylic acids is 4. The molecule has 2 rings (SSSR count). The van der Waals surface area contributed by atoms with Gasteiger partial charge in [0.05, 0.1) is 30.6 Å². The van der Waals surface area contributed by atoms with E-state index < -0.39 is 66.7 Å². The van der Waals surface area contributed by atoms with E-state index in [2.05, 4.69) is 16.0 Å². The molecule has 0 aliphatic rings. The monoisotopic (exact) mass is 662 g/mol. The van der Waals surface area contributed by atoms with Gasteiger partial charge in [0.1, 0.15) is 17.6 Å². The van der Waals surface area contributed by atoms with Crippen LogP contribution in [0.15, 0.2) is 34.7 Å². The molecule has 256 valence electrons. The summed E-state index contributed by atoms with van der Waals surface area (Å²) in [7, 11) is 0. The zero-order valence-corrected chi connectivity index (χ0v) is 25.8. The Hall–Kier alpha value is -5.45. The number of unbranched alkanes of at least 4 members (excludes halogenated alkanes) is 2. The fraction of sp³-hybridized carbons (Fsp3) is 0.433. The zero-order chi connectivity index (χ0) is 35.1. The Morgan fingerprint density at radius 2 is 1.68 bits per heavy atom. The molecule has 7 N–H and O–H groups in total. The van der Waals surface area contributed by atoms with Gasteiger partial charge >= 0.3 is 17.9 Å². The van der Waals surface area contributed by atoms with Crippen molar-refractivity contribution in [3.05, 3.63) is 41.7 Å². The van der Waals surface area contributed by atoms with Crippen molar-refractivity contribution in [3.8, 4) is 17.1 Å². The number of benzene rings is 1. The molecule has 3 atom stereocenters. The van der Waals surface area contributed by atoms with Gasteiger partial charge in [0.2, 0.25) is 12.3 Å². The third-order valence-electron chi connectivity index (χ3n) is 6.97. The molecule has 1 aromatic carbocycles. The summed E-state index contributed by atoms with van der Waals surface area (Å²) in [6.45, 7) is 2.56. The lowest BCUT2D eigenvalue weighted by Crippen LogP contribution is -2.47. The molecule has 0 bridgehead atoms. The third-order valence-corrected chi connectivity index (χ3v) is 6.97. The van der Waals surface area contributed by atoms with Crippen LogP contribution in [-0.4, -0.2) is 93.0 Å². The van der Waals surface area contributed by atoms with E-state index in [0.717, 1.165) is 12.8 Å². The lowest BCUT2D eigenvalue weighted by Gasteiger charge is -2.29. The summed E-state index contributed by atoms with van der Waals surface area (Å²) in [4.78, 5) is 83.0. The van der Waals surface area contributed by atoms with Crippen LogP contribution in [0.3, 0.4) is 0 Å². The molecule has 2 aromatic rings. The molecule has 0 aliphatic heterocycles. The fourth-order valence-electron chi connectivity index (χ4n) is 4.62. The predicted molar refractivity (Wildman–Crippen MR) is 160 cm³/mol. The van der Waals surface area contributed by atoms with E-state index in [9.17, 15) is 43.9 Å². The van der Waals surface area contributed by atoms with Crippen LogP contribution in [0, 0.1) is 5.92 Å². The smallest absolute Gasteiger partial charge is 0.341 e. The average molecular weight is 663 g/mol. The summed E-state index contributed by atoms with van der Waals surface area (Å²) in [5, 5.41) is 44.8. The van der Waals surface area contributed by atoms with Gasteiger partial charge in [-0.3, -0.25) is 29.2 Å². The minimum absolute atomic E-state index is 0.0966. The molecule has 1 unspecified atom stereocenters. The molecule has 17 nitrogen and oxygen atoms in total. The summed E-state index contributed by atoms with van der Waals surface area (Å²) in [6, 6.07) is 3.95. The molecule has 0 aliphatic carbocycles. The van der Waals surface area contributed by atoms with Crippen LogP contribution in [0.1, 0.15) is 73.3 Å². The third kappa shape index (κ3) is 11.4. The SMILES string of the molecule is CCCCC[C@@H](C(=O)NCNC(=O)c1ccc(-c2ccc(C(=O)NC(CC(=O)O)C(=O)O)c(OCC(=O)O)c2)o1)[C@@H](CC)N(O)C=O. The first-order valence-corrected chi connectivity index (χ1v) is 14.6. The number of nitrogens with one attached hydrogen (secondary N) is 3. The maximum atomic E-state index is 12.9. The van der Waals surface area contributed by atoms with Crippen LogP contribution >= 0.6 is 0 Å². The van der Waals surface area contributed by atoms with Gasteiger partial charge < -0.3 is 40.4 Å². The van der Waals surface area contributed by atoms with Crippen LogP contribution < -0.4 is 20.7 Å². The number of hydrogen-bond donors (Lipinski definition) is 7. The Balaban J connectivity index is 2.17. The summed E-state index contributed by atoms with van der Waals surface area (Å²) in [5.74, 6) is -7.75. The Kier molecular flexibility index (Phi) is 14.9. The zero-order valence-electron chi connectivity index (χ0n) is 25.8. The van der Waals surface area contributed by atoms with Gasteiger partial charge in [-0.05, 0) is 37.1 Å². The van der Waals surface area contributed by atoms with Crippen LogP contribution in [0.5, 0.6) is 5.75 Å². The Morgan fingerprint density at radius 1 is 0.957 bits per heavy atom. The number of furan rings is 1. The van der Waals surface area contributed by atoms with Crippen LogP contribution in [-0.2, 0) is 24.0 Å². The number of carbonyl (C=O) groups is 7. The van der Waals surface area contributed by atoms with Crippen LogP contribution in [0.4, 0.5) is 0 Å². The lowest BCUT2D eigenvalue weighted by atomic mass is 9.90. The molecule has 4 amide bonds. The number of hydroxylamine groups is 2. The molecule has 17 heteroatoms. The molecule has 1 heterocycles. The van der Waals surface area contributed by atoms with Crippen LogP contribution in [0.25, 0.3) is 11.3 Å². The topological polar surface area (TPSA) is 262 Å². The molecule has 0 fully saturated rings. The van der Waals surface area contributed by atoms with Crippen molar-refractivity contribution in [1.82, 2.24) is 21.0 Å². The Labute approximate surface area is 268 Å². The van der Waals surface area contributed by atoms with Crippen LogP contribution in [0.2, 0.25) is 0 Å². The van der Waals surface area contributed by atoms with E-state index in [1.54, 1.807) is 6.92 Å². The largest absolute Gasteiger partial charge is 0.481 e. The second-order valence-corrected chi connectivity index (χ2v) is 10.3. The molecular weight excluding hydrogens is 624 g/mol. The second-order valence-electron chi connectivity index (χ2n) is 10.3. The van der Waals surface area contributed by atoms with Gasteiger partial charge in [-0.15, -0.1) is 0 Å². The number of hydrogen-bond acceptors (Lipinski definition) is 10. The van der Waals surface area contributed by atoms with Crippen molar-refractivity contribution in [2.24, 2.45) is 5.92 Å². The number of carboxylic acid groups (broad SMARTS) is 3. The molecular formula is C30H38N4O13. The van der Waals surface area contributed by atoms with E-state index in [1.165, 1.54) is 30.3 Å². The maximum absolute atomic E-state index is 12.9. The summed E-state index contributed by atoms with van der Waals surface area (Å²) in [5.41, 5.74) is -0.0541. The highest BCUT2D eigenvalue weighted by molar-refractivity contribution is 6.00. The summed E-state index contributed by atoms with van der Waals surface area (Å²) >= 11 is 0. The fourth-order valence-corrected chi connectivity index (χ4v) is 4.62. The molecule has 1 aromatic heterocycles. The summed E-state index contributed by atoms with van der Waals surface area (Å²) in [6.07, 6.45) is 2.52. The first kappa shape index (κ1) is 37.7. The number of carboxylic acids is 3. The normalized spacial score (nSPS) is 12.6. The Bertz CT molecular complexity index is 1440. The van der Waals surface area contributed by atoms with E-state index in [1.807, 2.05) is 6.92 Å². The number of ether oxygens (including phenoxy) is 1. The van der Waals surface area contributed by atoms with Gasteiger partial charge in [-0.2, -0.15) is 0 Å². The standard InChI is InChI=1S/C30H38N4O13/c1-3-5-6-7-18(21(4-2)34(45)16-35)27(40)31-15-32-29(42)23-11-10-22(47-23)17-8-9-19(24(12-17)46-14-26(38)39)28(41)33-20(30(43)44)13-25(36)37/h8-12,16,18,20-21,45H,3-7,13-15H2,1-2H3,(H,31,40)(H,32,42)(H,33,41)(H,36,37)(H,38,39)(H,43,44)/t18-,20?,21-/m1/s1. The number of amides is 4. The van der Waals surface area contributed by atoms with Crippen molar-refractivity contribution in [2.45, 2.75) is 64.5 Å². The van der Waals surface area contributed by atoms with E-state index in [-0.39, 0.29) is 41.5 Å². The maximum Gasteiger partial charge on any atom is 0.341 e. The van der Waals surface area contributed by atoms with Gasteiger partial charge in [-0.1, -0.05) is 39.2 Å². The van der Waals surface area contributed by atoms with Crippen molar-refractivity contribution < 1.29 is 63.2 Å². The number of aliphatic carboxylic acids is 3. The van der Waals surface area contributed by atoms with Crippen molar-refractivity contribution in [3.63, 3.8) is 0 Å². The summed E-state index contributed by atoms with van der Waals surface area (Å²) < 4.78 is 10.8. The number of nitrogens with zero attached hydrogens (tertiary/aromatic N) is 1. The minimum atomic E-state index is -1.77. The molecule has 47 heavy (non-hydrogen) atoms. The average Bonchev–Trinajstić information content (AvgIpc) is 3.53. The molecule has 0 saturated carbocycles. The van der Waals surface area contributed by atoms with Gasteiger partial charge in [0.25, 0.3) is 11.8 Å². The van der Waals surface area contributed by atoms with Gasteiger partial charge in [0.15, 0.2) is 12.4 Å².